The van der Waals surface area contributed by atoms with Gasteiger partial charge in [-0.1, -0.05) is 11.6 Å². The number of ether oxygens (including phenoxy) is 1. The van der Waals surface area contributed by atoms with E-state index in [0.717, 1.165) is 29.5 Å². The Morgan fingerprint density at radius 1 is 1.40 bits per heavy atom. The normalized spacial score (nSPS) is 17.7. The zero-order chi connectivity index (χ0) is 11.2. The Hall–Kier alpha value is -0.730. The van der Waals surface area contributed by atoms with Crippen LogP contribution >= 0.6 is 11.6 Å². The third kappa shape index (κ3) is 1.62. The number of aliphatic hydroxyl groups is 1. The van der Waals surface area contributed by atoms with E-state index < -0.39 is 5.60 Å². The third-order valence-corrected chi connectivity index (χ3v) is 3.43. The molecular weight excluding hydrogens is 212 g/mol. The highest BCUT2D eigenvalue weighted by Crippen LogP contribution is 2.52. The number of aryl methyl sites for hydroxylation is 1. The van der Waals surface area contributed by atoms with Gasteiger partial charge in [0.25, 0.3) is 0 Å². The zero-order valence-corrected chi connectivity index (χ0v) is 9.98. The lowest BCUT2D eigenvalue weighted by Gasteiger charge is -2.19. The van der Waals surface area contributed by atoms with Crippen molar-refractivity contribution < 1.29 is 9.84 Å². The van der Waals surface area contributed by atoms with Crippen LogP contribution in [0, 0.1) is 13.8 Å². The molecule has 0 bridgehead atoms. The van der Waals surface area contributed by atoms with Crippen molar-refractivity contribution in [2.75, 3.05) is 7.11 Å². The van der Waals surface area contributed by atoms with Gasteiger partial charge in [0.1, 0.15) is 5.75 Å². The van der Waals surface area contributed by atoms with Gasteiger partial charge in [-0.25, -0.2) is 0 Å². The highest BCUT2D eigenvalue weighted by atomic mass is 35.5. The molecule has 0 amide bonds. The van der Waals surface area contributed by atoms with Crippen molar-refractivity contribution in [1.29, 1.82) is 0 Å². The predicted molar refractivity (Wildman–Crippen MR) is 60.6 cm³/mol. The van der Waals surface area contributed by atoms with Crippen LogP contribution in [0.5, 0.6) is 5.75 Å². The highest BCUT2D eigenvalue weighted by molar-refractivity contribution is 6.32. The van der Waals surface area contributed by atoms with Gasteiger partial charge in [0.15, 0.2) is 0 Å². The molecule has 0 atom stereocenters. The fourth-order valence-electron chi connectivity index (χ4n) is 1.98. The van der Waals surface area contributed by atoms with Crippen LogP contribution in [0.1, 0.15) is 29.5 Å². The van der Waals surface area contributed by atoms with Crippen molar-refractivity contribution in [3.63, 3.8) is 0 Å². The van der Waals surface area contributed by atoms with Crippen LogP contribution in [0.3, 0.4) is 0 Å². The van der Waals surface area contributed by atoms with E-state index in [2.05, 4.69) is 0 Å². The molecule has 0 radical (unpaired) electrons. The average Bonchev–Trinajstić information content (AvgIpc) is 2.90. The second kappa shape index (κ2) is 3.39. The molecular formula is C12H15ClO2. The SMILES string of the molecule is COc1c(Cl)cc(C)c(C)c1C1(O)CC1. The summed E-state index contributed by atoms with van der Waals surface area (Å²) in [6.07, 6.45) is 1.59. The topological polar surface area (TPSA) is 29.5 Å². The van der Waals surface area contributed by atoms with Crippen molar-refractivity contribution in [2.24, 2.45) is 0 Å². The van der Waals surface area contributed by atoms with E-state index in [9.17, 15) is 5.11 Å². The number of halogens is 1. The monoisotopic (exact) mass is 226 g/mol. The quantitative estimate of drug-likeness (QED) is 0.840. The Labute approximate surface area is 94.8 Å². The van der Waals surface area contributed by atoms with Gasteiger partial charge in [-0.3, -0.25) is 0 Å². The Morgan fingerprint density at radius 2 is 2.00 bits per heavy atom. The fourth-order valence-corrected chi connectivity index (χ4v) is 2.31. The molecule has 15 heavy (non-hydrogen) atoms. The van der Waals surface area contributed by atoms with E-state index in [0.29, 0.717) is 10.8 Å². The molecule has 82 valence electrons. The summed E-state index contributed by atoms with van der Waals surface area (Å²) in [7, 11) is 1.59. The van der Waals surface area contributed by atoms with Crippen LogP contribution in [0.2, 0.25) is 5.02 Å². The molecule has 1 fully saturated rings. The van der Waals surface area contributed by atoms with Crippen LogP contribution < -0.4 is 4.74 Å². The molecule has 1 aromatic carbocycles. The van der Waals surface area contributed by atoms with E-state index in [1.165, 1.54) is 0 Å². The number of hydrogen-bond donors (Lipinski definition) is 1. The lowest BCUT2D eigenvalue weighted by atomic mass is 9.96. The summed E-state index contributed by atoms with van der Waals surface area (Å²) >= 11 is 6.10. The molecule has 1 N–H and O–H groups in total. The first-order valence-corrected chi connectivity index (χ1v) is 5.44. The van der Waals surface area contributed by atoms with Gasteiger partial charge >= 0.3 is 0 Å². The van der Waals surface area contributed by atoms with Crippen LogP contribution in [0.25, 0.3) is 0 Å². The second-order valence-electron chi connectivity index (χ2n) is 4.24. The standard InChI is InChI=1S/C12H15ClO2/c1-7-6-9(13)11(15-3)10(8(7)2)12(14)4-5-12/h6,14H,4-5H2,1-3H3. The molecule has 0 aliphatic heterocycles. The molecule has 0 saturated heterocycles. The maximum absolute atomic E-state index is 10.2. The van der Waals surface area contributed by atoms with Crippen LogP contribution in [0.4, 0.5) is 0 Å². The van der Waals surface area contributed by atoms with Crippen molar-refractivity contribution in [1.82, 2.24) is 0 Å². The third-order valence-electron chi connectivity index (χ3n) is 3.15. The first-order valence-electron chi connectivity index (χ1n) is 5.06. The van der Waals surface area contributed by atoms with E-state index >= 15 is 0 Å². The van der Waals surface area contributed by atoms with E-state index in [4.69, 9.17) is 16.3 Å². The first kappa shape index (κ1) is 10.8. The van der Waals surface area contributed by atoms with Gasteiger partial charge in [-0.15, -0.1) is 0 Å². The molecule has 1 aromatic rings. The minimum absolute atomic E-state index is 0.580. The summed E-state index contributed by atoms with van der Waals surface area (Å²) in [4.78, 5) is 0. The summed E-state index contributed by atoms with van der Waals surface area (Å²) in [5, 5.41) is 10.8. The lowest BCUT2D eigenvalue weighted by molar-refractivity contribution is 0.146. The van der Waals surface area contributed by atoms with Crippen LogP contribution in [0.15, 0.2) is 6.07 Å². The van der Waals surface area contributed by atoms with E-state index in [1.54, 1.807) is 7.11 Å². The summed E-state index contributed by atoms with van der Waals surface area (Å²) < 4.78 is 5.29. The summed E-state index contributed by atoms with van der Waals surface area (Å²) in [5.41, 5.74) is 2.34. The Balaban J connectivity index is 2.68. The average molecular weight is 227 g/mol. The molecule has 3 heteroatoms. The Kier molecular flexibility index (Phi) is 2.44. The number of benzene rings is 1. The molecule has 1 aliphatic rings. The fraction of sp³-hybridized carbons (Fsp3) is 0.500. The van der Waals surface area contributed by atoms with Gasteiger partial charge in [0, 0.05) is 5.56 Å². The highest BCUT2D eigenvalue weighted by Gasteiger charge is 2.46. The smallest absolute Gasteiger partial charge is 0.143 e. The van der Waals surface area contributed by atoms with Gasteiger partial charge in [0.05, 0.1) is 17.7 Å². The van der Waals surface area contributed by atoms with E-state index in [-0.39, 0.29) is 0 Å². The summed E-state index contributed by atoms with van der Waals surface area (Å²) in [5.74, 6) is 0.625. The van der Waals surface area contributed by atoms with Crippen molar-refractivity contribution in [2.45, 2.75) is 32.3 Å². The number of methoxy groups -OCH3 is 1. The largest absolute Gasteiger partial charge is 0.495 e. The Morgan fingerprint density at radius 3 is 2.47 bits per heavy atom. The molecule has 1 saturated carbocycles. The predicted octanol–water partition coefficient (Wildman–Crippen LogP) is 2.95. The van der Waals surface area contributed by atoms with Gasteiger partial charge in [-0.2, -0.15) is 0 Å². The van der Waals surface area contributed by atoms with Gasteiger partial charge in [-0.05, 0) is 43.9 Å². The molecule has 2 nitrogen and oxygen atoms in total. The first-order chi connectivity index (χ1) is 6.99. The molecule has 2 rings (SSSR count). The van der Waals surface area contributed by atoms with Gasteiger partial charge < -0.3 is 9.84 Å². The van der Waals surface area contributed by atoms with Crippen LogP contribution in [-0.4, -0.2) is 12.2 Å². The molecule has 0 spiro atoms. The second-order valence-corrected chi connectivity index (χ2v) is 4.65. The summed E-state index contributed by atoms with van der Waals surface area (Å²) in [6, 6.07) is 1.88. The molecule has 0 heterocycles. The van der Waals surface area contributed by atoms with Crippen molar-refractivity contribution in [3.8, 4) is 5.75 Å². The van der Waals surface area contributed by atoms with Crippen LogP contribution in [-0.2, 0) is 5.60 Å². The molecule has 1 aliphatic carbocycles. The number of rotatable bonds is 2. The zero-order valence-electron chi connectivity index (χ0n) is 9.22. The van der Waals surface area contributed by atoms with E-state index in [1.807, 2.05) is 19.9 Å². The maximum atomic E-state index is 10.2. The van der Waals surface area contributed by atoms with Crippen molar-refractivity contribution >= 4 is 11.6 Å². The molecule has 0 aromatic heterocycles. The number of hydrogen-bond acceptors (Lipinski definition) is 2. The van der Waals surface area contributed by atoms with Gasteiger partial charge in [0.2, 0.25) is 0 Å². The van der Waals surface area contributed by atoms with Crippen molar-refractivity contribution in [3.05, 3.63) is 27.8 Å². The minimum atomic E-state index is -0.703. The molecule has 0 unspecified atom stereocenters. The lowest BCUT2D eigenvalue weighted by Crippen LogP contribution is -2.10. The summed E-state index contributed by atoms with van der Waals surface area (Å²) in [6.45, 7) is 4.00. The minimum Gasteiger partial charge on any atom is -0.495 e. The Bertz CT molecular complexity index is 409. The maximum Gasteiger partial charge on any atom is 0.143 e.